The lowest BCUT2D eigenvalue weighted by atomic mass is 10.0. The summed E-state index contributed by atoms with van der Waals surface area (Å²) < 4.78 is 5.40. The molecule has 0 radical (unpaired) electrons. The molecule has 1 fully saturated rings. The molecule has 0 bridgehead atoms. The Morgan fingerprint density at radius 3 is 2.48 bits per heavy atom. The zero-order valence-corrected chi connectivity index (χ0v) is 17.4. The van der Waals surface area contributed by atoms with Gasteiger partial charge in [-0.1, -0.05) is 37.3 Å². The van der Waals surface area contributed by atoms with E-state index in [-0.39, 0.29) is 11.8 Å². The van der Waals surface area contributed by atoms with Crippen LogP contribution >= 0.6 is 11.6 Å². The Morgan fingerprint density at radius 1 is 1.07 bits per heavy atom. The quantitative estimate of drug-likeness (QED) is 0.565. The van der Waals surface area contributed by atoms with Gasteiger partial charge in [-0.2, -0.15) is 0 Å². The van der Waals surface area contributed by atoms with Crippen molar-refractivity contribution in [2.45, 2.75) is 45.4 Å². The first-order valence-corrected chi connectivity index (χ1v) is 10.6. The van der Waals surface area contributed by atoms with Crippen LogP contribution in [-0.4, -0.2) is 18.4 Å². The zero-order chi connectivity index (χ0) is 20.6. The minimum absolute atomic E-state index is 0.0668. The second-order valence-electron chi connectivity index (χ2n) is 7.34. The lowest BCUT2D eigenvalue weighted by molar-refractivity contribution is -0.116. The van der Waals surface area contributed by atoms with Crippen molar-refractivity contribution in [3.8, 4) is 5.75 Å². The molecular formula is C23H27ClN2O3. The second kappa shape index (κ2) is 10.3. The average Bonchev–Trinajstić information content (AvgIpc) is 3.23. The molecule has 3 rings (SSSR count). The summed E-state index contributed by atoms with van der Waals surface area (Å²) >= 11 is 6.22. The van der Waals surface area contributed by atoms with Crippen molar-refractivity contribution < 1.29 is 14.3 Å². The maximum absolute atomic E-state index is 12.6. The summed E-state index contributed by atoms with van der Waals surface area (Å²) in [7, 11) is 0. The lowest BCUT2D eigenvalue weighted by Gasteiger charge is -2.12. The normalized spacial score (nSPS) is 13.9. The maximum Gasteiger partial charge on any atom is 0.255 e. The van der Waals surface area contributed by atoms with Crippen molar-refractivity contribution in [3.63, 3.8) is 0 Å². The van der Waals surface area contributed by atoms with Gasteiger partial charge < -0.3 is 15.4 Å². The molecule has 29 heavy (non-hydrogen) atoms. The van der Waals surface area contributed by atoms with Crippen molar-refractivity contribution >= 4 is 34.8 Å². The highest BCUT2D eigenvalue weighted by molar-refractivity contribution is 6.34. The summed E-state index contributed by atoms with van der Waals surface area (Å²) in [5.41, 5.74) is 1.55. The van der Waals surface area contributed by atoms with Gasteiger partial charge in [-0.25, -0.2) is 0 Å². The fourth-order valence-corrected chi connectivity index (χ4v) is 3.78. The topological polar surface area (TPSA) is 67.4 Å². The van der Waals surface area contributed by atoms with Gasteiger partial charge in [0.1, 0.15) is 5.75 Å². The van der Waals surface area contributed by atoms with Crippen LogP contribution in [0.5, 0.6) is 5.75 Å². The fraction of sp³-hybridized carbons (Fsp3) is 0.391. The summed E-state index contributed by atoms with van der Waals surface area (Å²) in [6.45, 7) is 2.51. The standard InChI is InChI=1S/C23H27ClN2O3/c1-2-29-19-11-9-18(10-12-19)25-23(28)17-8-13-20(24)21(15-17)26-22(27)14-7-16-5-3-4-6-16/h8-13,15-16H,2-7,14H2,1H3,(H,25,28)(H,26,27). The minimum atomic E-state index is -0.271. The Labute approximate surface area is 176 Å². The summed E-state index contributed by atoms with van der Waals surface area (Å²) in [6.07, 6.45) is 6.35. The first-order chi connectivity index (χ1) is 14.0. The van der Waals surface area contributed by atoms with Crippen molar-refractivity contribution in [1.82, 2.24) is 0 Å². The van der Waals surface area contributed by atoms with Crippen molar-refractivity contribution in [1.29, 1.82) is 0 Å². The summed E-state index contributed by atoms with van der Waals surface area (Å²) in [5, 5.41) is 6.10. The van der Waals surface area contributed by atoms with Gasteiger partial charge in [0, 0.05) is 17.7 Å². The van der Waals surface area contributed by atoms with E-state index in [9.17, 15) is 9.59 Å². The van der Waals surface area contributed by atoms with E-state index < -0.39 is 0 Å². The molecule has 154 valence electrons. The SMILES string of the molecule is CCOc1ccc(NC(=O)c2ccc(Cl)c(NC(=O)CCC3CCCC3)c2)cc1. The van der Waals surface area contributed by atoms with Crippen LogP contribution in [-0.2, 0) is 4.79 Å². The molecule has 1 saturated carbocycles. The molecule has 0 aliphatic heterocycles. The van der Waals surface area contributed by atoms with Crippen LogP contribution in [0.3, 0.4) is 0 Å². The lowest BCUT2D eigenvalue weighted by Crippen LogP contribution is -2.15. The van der Waals surface area contributed by atoms with Gasteiger partial charge in [0.2, 0.25) is 5.91 Å². The van der Waals surface area contributed by atoms with Gasteiger partial charge in [0.25, 0.3) is 5.91 Å². The highest BCUT2D eigenvalue weighted by Crippen LogP contribution is 2.29. The van der Waals surface area contributed by atoms with Crippen molar-refractivity contribution in [3.05, 3.63) is 53.1 Å². The third kappa shape index (κ3) is 6.23. The fourth-order valence-electron chi connectivity index (χ4n) is 3.61. The summed E-state index contributed by atoms with van der Waals surface area (Å²) in [4.78, 5) is 24.9. The van der Waals surface area contributed by atoms with Crippen molar-refractivity contribution in [2.75, 3.05) is 17.2 Å². The molecule has 1 aliphatic rings. The third-order valence-electron chi connectivity index (χ3n) is 5.18. The van der Waals surface area contributed by atoms with Crippen molar-refractivity contribution in [2.24, 2.45) is 5.92 Å². The smallest absolute Gasteiger partial charge is 0.255 e. The molecular weight excluding hydrogens is 388 g/mol. The van der Waals surface area contributed by atoms with Crippen LogP contribution in [0.25, 0.3) is 0 Å². The average molecular weight is 415 g/mol. The molecule has 2 amide bonds. The highest BCUT2D eigenvalue weighted by Gasteiger charge is 2.17. The largest absolute Gasteiger partial charge is 0.494 e. The number of carbonyl (C=O) groups is 2. The van der Waals surface area contributed by atoms with Crippen LogP contribution in [0, 0.1) is 5.92 Å². The van der Waals surface area contributed by atoms with Gasteiger partial charge in [-0.15, -0.1) is 0 Å². The number of anilines is 2. The van der Waals surface area contributed by atoms with E-state index in [0.29, 0.717) is 40.9 Å². The number of amides is 2. The Bertz CT molecular complexity index is 846. The molecule has 0 heterocycles. The van der Waals surface area contributed by atoms with Gasteiger partial charge in [-0.3, -0.25) is 9.59 Å². The number of rotatable bonds is 8. The van der Waals surface area contributed by atoms with Gasteiger partial charge in [0.05, 0.1) is 17.3 Å². The molecule has 0 saturated heterocycles. The first kappa shape index (κ1) is 21.2. The van der Waals surface area contributed by atoms with Crippen LogP contribution < -0.4 is 15.4 Å². The molecule has 0 spiro atoms. The molecule has 5 nitrogen and oxygen atoms in total. The van der Waals surface area contributed by atoms with Crippen LogP contribution in [0.15, 0.2) is 42.5 Å². The molecule has 6 heteroatoms. The number of carbonyl (C=O) groups excluding carboxylic acids is 2. The molecule has 1 aliphatic carbocycles. The van der Waals surface area contributed by atoms with Gasteiger partial charge in [0.15, 0.2) is 0 Å². The molecule has 2 N–H and O–H groups in total. The van der Waals surface area contributed by atoms with E-state index >= 15 is 0 Å². The number of benzene rings is 2. The Balaban J connectivity index is 1.59. The van der Waals surface area contributed by atoms with E-state index in [1.54, 1.807) is 42.5 Å². The number of ether oxygens (including phenoxy) is 1. The molecule has 2 aromatic rings. The van der Waals surface area contributed by atoms with Gasteiger partial charge >= 0.3 is 0 Å². The number of hydrogen-bond acceptors (Lipinski definition) is 3. The summed E-state index contributed by atoms with van der Waals surface area (Å²) in [6, 6.07) is 12.0. The Morgan fingerprint density at radius 2 is 1.79 bits per heavy atom. The second-order valence-corrected chi connectivity index (χ2v) is 7.75. The highest BCUT2D eigenvalue weighted by atomic mass is 35.5. The number of hydrogen-bond donors (Lipinski definition) is 2. The molecule has 0 unspecified atom stereocenters. The third-order valence-corrected chi connectivity index (χ3v) is 5.51. The van der Waals surface area contributed by atoms with E-state index in [4.69, 9.17) is 16.3 Å². The molecule has 0 atom stereocenters. The zero-order valence-electron chi connectivity index (χ0n) is 16.7. The predicted octanol–water partition coefficient (Wildman–Crippen LogP) is 5.90. The molecule has 2 aromatic carbocycles. The predicted molar refractivity (Wildman–Crippen MR) is 117 cm³/mol. The van der Waals surface area contributed by atoms with Crippen LogP contribution in [0.1, 0.15) is 55.8 Å². The maximum atomic E-state index is 12.6. The minimum Gasteiger partial charge on any atom is -0.494 e. The van der Waals surface area contributed by atoms with Crippen LogP contribution in [0.2, 0.25) is 5.02 Å². The van der Waals surface area contributed by atoms with Gasteiger partial charge in [-0.05, 0) is 61.7 Å². The van der Waals surface area contributed by atoms with E-state index in [2.05, 4.69) is 10.6 Å². The van der Waals surface area contributed by atoms with E-state index in [1.807, 2.05) is 6.92 Å². The molecule has 0 aromatic heterocycles. The van der Waals surface area contributed by atoms with E-state index in [0.717, 1.165) is 12.2 Å². The van der Waals surface area contributed by atoms with E-state index in [1.165, 1.54) is 25.7 Å². The first-order valence-electron chi connectivity index (χ1n) is 10.2. The summed E-state index contributed by atoms with van der Waals surface area (Å²) in [5.74, 6) is 1.07. The Hall–Kier alpha value is -2.53. The van der Waals surface area contributed by atoms with Crippen LogP contribution in [0.4, 0.5) is 11.4 Å². The monoisotopic (exact) mass is 414 g/mol. The Kier molecular flexibility index (Phi) is 7.53. The number of halogens is 1. The number of nitrogens with one attached hydrogen (secondary N) is 2.